The van der Waals surface area contributed by atoms with Crippen LogP contribution in [0.3, 0.4) is 0 Å². The molecule has 30 heavy (non-hydrogen) atoms. The van der Waals surface area contributed by atoms with Crippen LogP contribution in [0.2, 0.25) is 0 Å². The zero-order chi connectivity index (χ0) is 20.8. The van der Waals surface area contributed by atoms with E-state index in [1.165, 1.54) is 16.8 Å². The molecule has 3 aromatic rings. The van der Waals surface area contributed by atoms with Gasteiger partial charge in [0.15, 0.2) is 17.2 Å². The molecule has 5 rings (SSSR count). The smallest absolute Gasteiger partial charge is 0.256 e. The number of anilines is 1. The molecule has 5 heterocycles. The van der Waals surface area contributed by atoms with E-state index in [2.05, 4.69) is 15.4 Å². The second-order valence-corrected chi connectivity index (χ2v) is 7.67. The van der Waals surface area contributed by atoms with Gasteiger partial charge in [-0.05, 0) is 19.9 Å². The molecule has 2 bridgehead atoms. The lowest BCUT2D eigenvalue weighted by Crippen LogP contribution is -2.41. The van der Waals surface area contributed by atoms with E-state index in [-0.39, 0.29) is 18.0 Å². The van der Waals surface area contributed by atoms with Crippen LogP contribution in [0.15, 0.2) is 24.7 Å². The molecule has 1 N–H and O–H groups in total. The standard InChI is InChI=1S/C20H21FN6O3/c1-11-3-4-29-20-13(5-14(21)6-22-20)8-26-12(2)10-30-16-9-27-17(25-18(16)26)15(7-23-27)19(28)24-11/h5-7,9,11-12H,3-4,8,10H2,1-2H3,(H,24,28)/t11-,12+/m0/s1. The molecule has 2 aliphatic heterocycles. The maximum absolute atomic E-state index is 14.0. The summed E-state index contributed by atoms with van der Waals surface area (Å²) in [6, 6.07) is 1.26. The van der Waals surface area contributed by atoms with Gasteiger partial charge in [0.05, 0.1) is 37.8 Å². The highest BCUT2D eigenvalue weighted by Crippen LogP contribution is 2.35. The Balaban J connectivity index is 1.67. The largest absolute Gasteiger partial charge is 0.486 e. The van der Waals surface area contributed by atoms with Gasteiger partial charge in [-0.15, -0.1) is 0 Å². The Morgan fingerprint density at radius 2 is 2.13 bits per heavy atom. The summed E-state index contributed by atoms with van der Waals surface area (Å²) < 4.78 is 27.2. The molecule has 0 radical (unpaired) electrons. The van der Waals surface area contributed by atoms with Gasteiger partial charge in [-0.1, -0.05) is 0 Å². The number of hydrogen-bond acceptors (Lipinski definition) is 7. The highest BCUT2D eigenvalue weighted by molar-refractivity contribution is 6.00. The molecule has 1 amide bonds. The van der Waals surface area contributed by atoms with Gasteiger partial charge < -0.3 is 19.7 Å². The molecular formula is C20H21FN6O3. The number of hydrogen-bond donors (Lipinski definition) is 1. The minimum absolute atomic E-state index is 0.0308. The van der Waals surface area contributed by atoms with Crippen molar-refractivity contribution in [2.24, 2.45) is 0 Å². The van der Waals surface area contributed by atoms with Crippen LogP contribution in [-0.4, -0.2) is 50.8 Å². The summed E-state index contributed by atoms with van der Waals surface area (Å²) in [6.07, 6.45) is 4.93. The predicted octanol–water partition coefficient (Wildman–Crippen LogP) is 1.95. The first kappa shape index (κ1) is 18.6. The first-order valence-electron chi connectivity index (χ1n) is 9.85. The molecule has 2 aliphatic rings. The minimum atomic E-state index is -0.429. The summed E-state index contributed by atoms with van der Waals surface area (Å²) in [5, 5.41) is 7.21. The number of nitrogens with zero attached hydrogens (tertiary/aromatic N) is 5. The van der Waals surface area contributed by atoms with Gasteiger partial charge in [0.2, 0.25) is 5.88 Å². The van der Waals surface area contributed by atoms with Crippen molar-refractivity contribution in [3.63, 3.8) is 0 Å². The molecule has 156 valence electrons. The number of amides is 1. The molecule has 3 aromatic heterocycles. The SMILES string of the molecule is C[C@@H]1COc2cn3ncc4c3nc2N1Cc1cc(F)cnc1OCC[C@H](C)NC4=O. The Morgan fingerprint density at radius 1 is 1.27 bits per heavy atom. The van der Waals surface area contributed by atoms with Crippen LogP contribution < -0.4 is 19.7 Å². The van der Waals surface area contributed by atoms with E-state index in [0.29, 0.717) is 60.4 Å². The Bertz CT molecular complexity index is 1130. The van der Waals surface area contributed by atoms with Crippen LogP contribution in [0.25, 0.3) is 5.65 Å². The lowest BCUT2D eigenvalue weighted by atomic mass is 10.1. The highest BCUT2D eigenvalue weighted by atomic mass is 19.1. The zero-order valence-electron chi connectivity index (χ0n) is 16.6. The van der Waals surface area contributed by atoms with Gasteiger partial charge in [0.1, 0.15) is 18.0 Å². The third-order valence-corrected chi connectivity index (χ3v) is 5.37. The van der Waals surface area contributed by atoms with Crippen LogP contribution in [0.5, 0.6) is 11.6 Å². The van der Waals surface area contributed by atoms with E-state index >= 15 is 0 Å². The molecule has 0 aromatic carbocycles. The van der Waals surface area contributed by atoms with Crippen LogP contribution >= 0.6 is 0 Å². The molecule has 0 fully saturated rings. The summed E-state index contributed by atoms with van der Waals surface area (Å²) in [5.74, 6) is 0.804. The number of nitrogens with one attached hydrogen (secondary N) is 1. The number of ether oxygens (including phenoxy) is 2. The van der Waals surface area contributed by atoms with Crippen molar-refractivity contribution < 1.29 is 18.7 Å². The van der Waals surface area contributed by atoms with Gasteiger partial charge in [0.25, 0.3) is 5.91 Å². The van der Waals surface area contributed by atoms with Crippen LogP contribution in [0.1, 0.15) is 36.2 Å². The average Bonchev–Trinajstić information content (AvgIpc) is 3.13. The lowest BCUT2D eigenvalue weighted by Gasteiger charge is -2.35. The molecule has 0 unspecified atom stereocenters. The number of rotatable bonds is 0. The third kappa shape index (κ3) is 3.17. The van der Waals surface area contributed by atoms with Crippen molar-refractivity contribution in [1.82, 2.24) is 24.9 Å². The molecular weight excluding hydrogens is 391 g/mol. The molecule has 2 atom stereocenters. The van der Waals surface area contributed by atoms with Crippen molar-refractivity contribution in [2.75, 3.05) is 18.1 Å². The summed E-state index contributed by atoms with van der Waals surface area (Å²) in [5.41, 5.74) is 1.44. The fraction of sp³-hybridized carbons (Fsp3) is 0.400. The topological polar surface area (TPSA) is 93.9 Å². The second kappa shape index (κ2) is 7.12. The van der Waals surface area contributed by atoms with Gasteiger partial charge >= 0.3 is 0 Å². The lowest BCUT2D eigenvalue weighted by molar-refractivity contribution is 0.0936. The fourth-order valence-corrected chi connectivity index (χ4v) is 3.69. The number of aromatic nitrogens is 4. The first-order valence-corrected chi connectivity index (χ1v) is 9.85. The Hall–Kier alpha value is -3.43. The number of fused-ring (bicyclic) bond motifs is 1. The molecule has 9 nitrogen and oxygen atoms in total. The Morgan fingerprint density at radius 3 is 3.00 bits per heavy atom. The maximum Gasteiger partial charge on any atom is 0.256 e. The number of carbonyl (C=O) groups is 1. The molecule has 0 saturated heterocycles. The summed E-state index contributed by atoms with van der Waals surface area (Å²) in [6.45, 7) is 5.00. The van der Waals surface area contributed by atoms with Gasteiger partial charge in [-0.25, -0.2) is 18.9 Å². The van der Waals surface area contributed by atoms with E-state index < -0.39 is 5.82 Å². The van der Waals surface area contributed by atoms with Gasteiger partial charge in [0, 0.05) is 18.0 Å². The van der Waals surface area contributed by atoms with Crippen LogP contribution in [-0.2, 0) is 6.54 Å². The number of carbonyl (C=O) groups excluding carboxylic acids is 1. The average molecular weight is 412 g/mol. The predicted molar refractivity (Wildman–Crippen MR) is 105 cm³/mol. The first-order chi connectivity index (χ1) is 14.5. The van der Waals surface area contributed by atoms with Crippen molar-refractivity contribution in [2.45, 2.75) is 38.9 Å². The van der Waals surface area contributed by atoms with Crippen LogP contribution in [0, 0.1) is 5.82 Å². The van der Waals surface area contributed by atoms with Crippen LogP contribution in [0.4, 0.5) is 10.2 Å². The molecule has 10 heteroatoms. The summed E-state index contributed by atoms with van der Waals surface area (Å²) >= 11 is 0. The quantitative estimate of drug-likeness (QED) is 0.603. The van der Waals surface area contributed by atoms with Crippen molar-refractivity contribution in [1.29, 1.82) is 0 Å². The third-order valence-electron chi connectivity index (χ3n) is 5.37. The normalized spacial score (nSPS) is 21.4. The zero-order valence-corrected chi connectivity index (χ0v) is 16.6. The Labute approximate surface area is 171 Å². The molecule has 0 aliphatic carbocycles. The van der Waals surface area contributed by atoms with E-state index in [1.807, 2.05) is 18.7 Å². The minimum Gasteiger partial charge on any atom is -0.486 e. The molecule has 0 spiro atoms. The van der Waals surface area contributed by atoms with E-state index in [4.69, 9.17) is 14.5 Å². The number of pyridine rings is 1. The summed E-state index contributed by atoms with van der Waals surface area (Å²) in [4.78, 5) is 23.6. The van der Waals surface area contributed by atoms with E-state index in [1.54, 1.807) is 6.20 Å². The fourth-order valence-electron chi connectivity index (χ4n) is 3.69. The van der Waals surface area contributed by atoms with Gasteiger partial charge in [-0.3, -0.25) is 4.79 Å². The van der Waals surface area contributed by atoms with E-state index in [0.717, 1.165) is 6.20 Å². The maximum atomic E-state index is 14.0. The summed E-state index contributed by atoms with van der Waals surface area (Å²) in [7, 11) is 0. The van der Waals surface area contributed by atoms with Crippen molar-refractivity contribution >= 4 is 17.4 Å². The molecule has 0 saturated carbocycles. The highest BCUT2D eigenvalue weighted by Gasteiger charge is 2.30. The second-order valence-electron chi connectivity index (χ2n) is 7.67. The van der Waals surface area contributed by atoms with Crippen molar-refractivity contribution in [3.8, 4) is 11.6 Å². The van der Waals surface area contributed by atoms with E-state index in [9.17, 15) is 9.18 Å². The Kier molecular flexibility index (Phi) is 4.41. The monoisotopic (exact) mass is 412 g/mol. The number of halogens is 1. The van der Waals surface area contributed by atoms with Gasteiger partial charge in [-0.2, -0.15) is 5.10 Å². The van der Waals surface area contributed by atoms with Crippen molar-refractivity contribution in [3.05, 3.63) is 41.6 Å².